The third-order valence-corrected chi connectivity index (χ3v) is 5.40. The van der Waals surface area contributed by atoms with E-state index in [4.69, 9.17) is 21.1 Å². The molecule has 0 radical (unpaired) electrons. The summed E-state index contributed by atoms with van der Waals surface area (Å²) in [5, 5.41) is 4.91. The largest absolute Gasteiger partial charge is 0.497 e. The van der Waals surface area contributed by atoms with E-state index in [1.807, 2.05) is 18.2 Å². The number of nitrogens with zero attached hydrogens (tertiary/aromatic N) is 2. The second-order valence-corrected chi connectivity index (χ2v) is 7.30. The van der Waals surface area contributed by atoms with Crippen LogP contribution in [0.25, 0.3) is 10.9 Å². The summed E-state index contributed by atoms with van der Waals surface area (Å²) in [5.74, 6) is 0.542. The van der Waals surface area contributed by atoms with Gasteiger partial charge in [0.2, 0.25) is 0 Å². The van der Waals surface area contributed by atoms with Gasteiger partial charge in [0.1, 0.15) is 16.7 Å². The minimum absolute atomic E-state index is 0.237. The zero-order valence-corrected chi connectivity index (χ0v) is 17.0. The molecular weight excluding hydrogens is 393 g/mol. The van der Waals surface area contributed by atoms with E-state index in [0.29, 0.717) is 31.5 Å². The van der Waals surface area contributed by atoms with Crippen LogP contribution in [0.3, 0.4) is 0 Å². The normalized spacial score (nSPS) is 14.4. The molecule has 29 heavy (non-hydrogen) atoms. The van der Waals surface area contributed by atoms with E-state index in [9.17, 15) is 4.39 Å². The molecule has 1 aliphatic heterocycles. The van der Waals surface area contributed by atoms with Crippen LogP contribution in [-0.2, 0) is 17.8 Å². The van der Waals surface area contributed by atoms with E-state index in [2.05, 4.69) is 15.2 Å². The van der Waals surface area contributed by atoms with E-state index in [1.54, 1.807) is 19.2 Å². The lowest BCUT2D eigenvalue weighted by molar-refractivity contribution is 0.122. The quantitative estimate of drug-likeness (QED) is 0.612. The van der Waals surface area contributed by atoms with Crippen LogP contribution in [0.4, 0.5) is 10.1 Å². The highest BCUT2D eigenvalue weighted by molar-refractivity contribution is 6.31. The number of benzene rings is 2. The second-order valence-electron chi connectivity index (χ2n) is 6.94. The molecule has 1 saturated heterocycles. The molecule has 2 aromatic carbocycles. The lowest BCUT2D eigenvalue weighted by Crippen LogP contribution is -2.37. The Balaban J connectivity index is 1.68. The molecule has 0 amide bonds. The summed E-state index contributed by atoms with van der Waals surface area (Å²) in [6.07, 6.45) is 0. The average molecular weight is 416 g/mol. The van der Waals surface area contributed by atoms with Crippen LogP contribution < -0.4 is 15.0 Å². The second kappa shape index (κ2) is 8.95. The van der Waals surface area contributed by atoms with Crippen LogP contribution in [0.1, 0.15) is 11.1 Å². The van der Waals surface area contributed by atoms with E-state index >= 15 is 0 Å². The van der Waals surface area contributed by atoms with Gasteiger partial charge in [-0.15, -0.1) is 0 Å². The van der Waals surface area contributed by atoms with E-state index < -0.39 is 0 Å². The molecule has 0 bridgehead atoms. The Morgan fingerprint density at radius 2 is 1.90 bits per heavy atom. The Kier molecular flexibility index (Phi) is 6.13. The number of methoxy groups -OCH3 is 1. The number of morpholine rings is 1. The van der Waals surface area contributed by atoms with Crippen molar-refractivity contribution in [2.75, 3.05) is 38.3 Å². The average Bonchev–Trinajstić information content (AvgIpc) is 2.75. The predicted octanol–water partition coefficient (Wildman–Crippen LogP) is 4.16. The van der Waals surface area contributed by atoms with Gasteiger partial charge in [-0.25, -0.2) is 9.37 Å². The number of rotatable bonds is 6. The van der Waals surface area contributed by atoms with Gasteiger partial charge < -0.3 is 19.7 Å². The molecule has 0 unspecified atom stereocenters. The molecular formula is C22H23ClFN3O2. The molecule has 5 nitrogen and oxygen atoms in total. The summed E-state index contributed by atoms with van der Waals surface area (Å²) >= 11 is 6.61. The maximum Gasteiger partial charge on any atom is 0.136 e. The summed E-state index contributed by atoms with van der Waals surface area (Å²) in [6, 6.07) is 12.3. The molecule has 0 spiro atoms. The lowest BCUT2D eigenvalue weighted by Gasteiger charge is -2.32. The van der Waals surface area contributed by atoms with Gasteiger partial charge in [0, 0.05) is 37.1 Å². The minimum atomic E-state index is -0.237. The van der Waals surface area contributed by atoms with Crippen LogP contribution in [-0.4, -0.2) is 38.4 Å². The fraction of sp³-hybridized carbons (Fsp3) is 0.318. The number of aromatic nitrogens is 1. The van der Waals surface area contributed by atoms with Gasteiger partial charge in [0.15, 0.2) is 0 Å². The van der Waals surface area contributed by atoms with Crippen LogP contribution in [0, 0.1) is 5.82 Å². The first kappa shape index (κ1) is 19.9. The molecule has 152 valence electrons. The fourth-order valence-corrected chi connectivity index (χ4v) is 3.85. The zero-order chi connectivity index (χ0) is 20.2. The molecule has 0 saturated carbocycles. The Morgan fingerprint density at radius 1 is 1.14 bits per heavy atom. The van der Waals surface area contributed by atoms with Gasteiger partial charge in [0.25, 0.3) is 0 Å². The number of fused-ring (bicyclic) bond motifs is 1. The Morgan fingerprint density at radius 3 is 2.62 bits per heavy atom. The highest BCUT2D eigenvalue weighted by Gasteiger charge is 2.21. The molecule has 1 aromatic heterocycles. The molecule has 2 heterocycles. The number of pyridine rings is 1. The van der Waals surface area contributed by atoms with E-state index in [1.165, 1.54) is 12.1 Å². The van der Waals surface area contributed by atoms with Crippen molar-refractivity contribution in [1.82, 2.24) is 10.3 Å². The standard InChI is InChI=1S/C22H23ClFN3O2/c1-28-17-6-7-20-18(12-17)21(27-8-10-29-11-9-27)19(22(23)26-20)14-25-13-15-2-4-16(24)5-3-15/h2-7,12,25H,8-11,13-14H2,1H3. The van der Waals surface area contributed by atoms with Crippen molar-refractivity contribution < 1.29 is 13.9 Å². The third-order valence-electron chi connectivity index (χ3n) is 5.08. The smallest absolute Gasteiger partial charge is 0.136 e. The van der Waals surface area contributed by atoms with Gasteiger partial charge in [-0.1, -0.05) is 23.7 Å². The highest BCUT2D eigenvalue weighted by Crippen LogP contribution is 2.36. The molecule has 7 heteroatoms. The van der Waals surface area contributed by atoms with Crippen LogP contribution in [0.15, 0.2) is 42.5 Å². The van der Waals surface area contributed by atoms with Crippen LogP contribution in [0.5, 0.6) is 5.75 Å². The predicted molar refractivity (Wildman–Crippen MR) is 113 cm³/mol. The van der Waals surface area contributed by atoms with E-state index in [-0.39, 0.29) is 5.82 Å². The van der Waals surface area contributed by atoms with Crippen molar-refractivity contribution in [1.29, 1.82) is 0 Å². The monoisotopic (exact) mass is 415 g/mol. The van der Waals surface area contributed by atoms with Crippen LogP contribution in [0.2, 0.25) is 5.15 Å². The molecule has 1 aliphatic rings. The molecule has 4 rings (SSSR count). The van der Waals surface area contributed by atoms with Crippen molar-refractivity contribution in [2.45, 2.75) is 13.1 Å². The first-order chi connectivity index (χ1) is 14.2. The van der Waals surface area contributed by atoms with Crippen molar-refractivity contribution >= 4 is 28.2 Å². The number of halogens is 2. The van der Waals surface area contributed by atoms with Crippen molar-refractivity contribution in [2.24, 2.45) is 0 Å². The van der Waals surface area contributed by atoms with E-state index in [0.717, 1.165) is 46.6 Å². The molecule has 0 atom stereocenters. The third kappa shape index (κ3) is 4.45. The minimum Gasteiger partial charge on any atom is -0.497 e. The number of hydrogen-bond acceptors (Lipinski definition) is 5. The van der Waals surface area contributed by atoms with Gasteiger partial charge in [0.05, 0.1) is 31.5 Å². The number of hydrogen-bond donors (Lipinski definition) is 1. The van der Waals surface area contributed by atoms with Crippen molar-refractivity contribution in [3.05, 3.63) is 64.6 Å². The first-order valence-electron chi connectivity index (χ1n) is 9.59. The van der Waals surface area contributed by atoms with Crippen molar-refractivity contribution in [3.63, 3.8) is 0 Å². The Bertz CT molecular complexity index is 992. The van der Waals surface area contributed by atoms with Gasteiger partial charge in [-0.3, -0.25) is 0 Å². The highest BCUT2D eigenvalue weighted by atomic mass is 35.5. The van der Waals surface area contributed by atoms with Gasteiger partial charge in [-0.2, -0.15) is 0 Å². The first-order valence-corrected chi connectivity index (χ1v) is 9.97. The molecule has 3 aromatic rings. The van der Waals surface area contributed by atoms with Crippen LogP contribution >= 0.6 is 11.6 Å². The van der Waals surface area contributed by atoms with Crippen molar-refractivity contribution in [3.8, 4) is 5.75 Å². The summed E-state index contributed by atoms with van der Waals surface area (Å²) < 4.78 is 24.1. The SMILES string of the molecule is COc1ccc2nc(Cl)c(CNCc3ccc(F)cc3)c(N3CCOCC3)c2c1. The Labute approximate surface area is 174 Å². The maximum absolute atomic E-state index is 13.1. The molecule has 1 fully saturated rings. The topological polar surface area (TPSA) is 46.6 Å². The maximum atomic E-state index is 13.1. The summed E-state index contributed by atoms with van der Waals surface area (Å²) in [7, 11) is 1.66. The summed E-state index contributed by atoms with van der Waals surface area (Å²) in [6.45, 7) is 4.08. The van der Waals surface area contributed by atoms with Gasteiger partial charge >= 0.3 is 0 Å². The number of anilines is 1. The molecule has 1 N–H and O–H groups in total. The Hall–Kier alpha value is -2.41. The molecule has 0 aliphatic carbocycles. The number of ether oxygens (including phenoxy) is 2. The lowest BCUT2D eigenvalue weighted by atomic mass is 10.1. The van der Waals surface area contributed by atoms with Gasteiger partial charge in [-0.05, 0) is 35.9 Å². The number of nitrogens with one attached hydrogen (secondary N) is 1. The summed E-state index contributed by atoms with van der Waals surface area (Å²) in [5.41, 5.74) is 3.84. The summed E-state index contributed by atoms with van der Waals surface area (Å²) in [4.78, 5) is 6.91. The fourth-order valence-electron chi connectivity index (χ4n) is 3.60. The zero-order valence-electron chi connectivity index (χ0n) is 16.3.